The SMILES string of the molecule is Cc1ccc(CNC(=O)N2CC[C@H](n3c(-c4ccco4)nc4cccnc43)C2)cc1. The molecule has 1 fully saturated rings. The molecule has 0 aliphatic carbocycles. The summed E-state index contributed by atoms with van der Waals surface area (Å²) in [5, 5.41) is 3.03. The Morgan fingerprint density at radius 1 is 1.20 bits per heavy atom. The Hall–Kier alpha value is -3.61. The van der Waals surface area contributed by atoms with Crippen molar-refractivity contribution < 1.29 is 9.21 Å². The third kappa shape index (κ3) is 3.43. The van der Waals surface area contributed by atoms with Crippen molar-refractivity contribution in [3.8, 4) is 11.6 Å². The summed E-state index contributed by atoms with van der Waals surface area (Å²) in [6.07, 6.45) is 4.26. The lowest BCUT2D eigenvalue weighted by Crippen LogP contribution is -2.38. The molecule has 0 saturated carbocycles. The van der Waals surface area contributed by atoms with Gasteiger partial charge in [0.15, 0.2) is 17.2 Å². The van der Waals surface area contributed by atoms with E-state index in [0.29, 0.717) is 25.4 Å². The van der Waals surface area contributed by atoms with Gasteiger partial charge in [-0.05, 0) is 43.2 Å². The molecule has 30 heavy (non-hydrogen) atoms. The van der Waals surface area contributed by atoms with Gasteiger partial charge in [-0.3, -0.25) is 0 Å². The number of carbonyl (C=O) groups is 1. The van der Waals surface area contributed by atoms with E-state index in [9.17, 15) is 4.79 Å². The topological polar surface area (TPSA) is 76.2 Å². The Morgan fingerprint density at radius 3 is 2.87 bits per heavy atom. The van der Waals surface area contributed by atoms with E-state index in [1.54, 1.807) is 12.5 Å². The van der Waals surface area contributed by atoms with Crippen LogP contribution in [0.3, 0.4) is 0 Å². The molecule has 1 atom stereocenters. The van der Waals surface area contributed by atoms with E-state index in [0.717, 1.165) is 29.0 Å². The number of hydrogen-bond acceptors (Lipinski definition) is 4. The number of amides is 2. The molecule has 4 aromatic rings. The van der Waals surface area contributed by atoms with E-state index in [1.165, 1.54) is 5.56 Å². The van der Waals surface area contributed by atoms with Crippen LogP contribution in [-0.4, -0.2) is 38.6 Å². The van der Waals surface area contributed by atoms with Crippen LogP contribution in [-0.2, 0) is 6.54 Å². The van der Waals surface area contributed by atoms with Gasteiger partial charge < -0.3 is 19.2 Å². The molecule has 1 N–H and O–H groups in total. The number of fused-ring (bicyclic) bond motifs is 1. The quantitative estimate of drug-likeness (QED) is 0.557. The molecule has 2 amide bonds. The average Bonchev–Trinajstić information content (AvgIpc) is 3.51. The van der Waals surface area contributed by atoms with Gasteiger partial charge in [-0.25, -0.2) is 14.8 Å². The number of aryl methyl sites for hydroxylation is 1. The number of benzene rings is 1. The Labute approximate surface area is 174 Å². The van der Waals surface area contributed by atoms with Crippen LogP contribution in [0, 0.1) is 6.92 Å². The van der Waals surface area contributed by atoms with Gasteiger partial charge in [-0.1, -0.05) is 29.8 Å². The lowest BCUT2D eigenvalue weighted by Gasteiger charge is -2.19. The van der Waals surface area contributed by atoms with E-state index in [2.05, 4.69) is 33.9 Å². The molecule has 1 saturated heterocycles. The van der Waals surface area contributed by atoms with E-state index < -0.39 is 0 Å². The number of hydrogen-bond donors (Lipinski definition) is 1. The predicted molar refractivity (Wildman–Crippen MR) is 114 cm³/mol. The highest BCUT2D eigenvalue weighted by atomic mass is 16.3. The van der Waals surface area contributed by atoms with Gasteiger partial charge in [0.2, 0.25) is 0 Å². The van der Waals surface area contributed by atoms with Crippen LogP contribution in [0.1, 0.15) is 23.6 Å². The maximum Gasteiger partial charge on any atom is 0.317 e. The second-order valence-corrected chi connectivity index (χ2v) is 7.66. The Bertz CT molecular complexity index is 1160. The van der Waals surface area contributed by atoms with Crippen molar-refractivity contribution in [2.24, 2.45) is 0 Å². The standard InChI is InChI=1S/C23H23N5O2/c1-16-6-8-17(9-7-16)14-25-23(29)27-12-10-18(15-27)28-21-19(4-2-11-24-21)26-22(28)20-5-3-13-30-20/h2-9,11,13,18H,10,12,14-15H2,1H3,(H,25,29)/t18-/m0/s1. The first-order chi connectivity index (χ1) is 14.7. The van der Waals surface area contributed by atoms with Crippen LogP contribution >= 0.6 is 0 Å². The van der Waals surface area contributed by atoms with E-state index in [-0.39, 0.29) is 12.1 Å². The number of rotatable bonds is 4. The summed E-state index contributed by atoms with van der Waals surface area (Å²) < 4.78 is 7.73. The molecule has 1 aliphatic heterocycles. The van der Waals surface area contributed by atoms with Gasteiger partial charge in [0.25, 0.3) is 0 Å². The van der Waals surface area contributed by atoms with Gasteiger partial charge in [0, 0.05) is 25.8 Å². The molecule has 7 nitrogen and oxygen atoms in total. The average molecular weight is 401 g/mol. The van der Waals surface area contributed by atoms with Gasteiger partial charge in [0.05, 0.1) is 12.3 Å². The summed E-state index contributed by atoms with van der Waals surface area (Å²) in [5.74, 6) is 1.45. The molecule has 3 aromatic heterocycles. The lowest BCUT2D eigenvalue weighted by atomic mass is 10.1. The van der Waals surface area contributed by atoms with Crippen molar-refractivity contribution >= 4 is 17.2 Å². The van der Waals surface area contributed by atoms with Crippen LogP contribution in [0.2, 0.25) is 0 Å². The number of aromatic nitrogens is 3. The highest BCUT2D eigenvalue weighted by molar-refractivity contribution is 5.77. The fraction of sp³-hybridized carbons (Fsp3) is 0.261. The monoisotopic (exact) mass is 401 g/mol. The van der Waals surface area contributed by atoms with Gasteiger partial charge >= 0.3 is 6.03 Å². The minimum atomic E-state index is -0.0463. The Balaban J connectivity index is 1.34. The van der Waals surface area contributed by atoms with Crippen molar-refractivity contribution in [1.29, 1.82) is 0 Å². The third-order valence-corrected chi connectivity index (χ3v) is 5.57. The first-order valence-electron chi connectivity index (χ1n) is 10.1. The molecule has 0 bridgehead atoms. The van der Waals surface area contributed by atoms with E-state index in [1.807, 2.05) is 41.3 Å². The molecular formula is C23H23N5O2. The van der Waals surface area contributed by atoms with Crippen molar-refractivity contribution in [1.82, 2.24) is 24.8 Å². The summed E-state index contributed by atoms with van der Waals surface area (Å²) in [6, 6.07) is 15.8. The summed E-state index contributed by atoms with van der Waals surface area (Å²) in [5.41, 5.74) is 3.94. The second kappa shape index (κ2) is 7.67. The van der Waals surface area contributed by atoms with Gasteiger partial charge in [0.1, 0.15) is 5.52 Å². The highest BCUT2D eigenvalue weighted by Gasteiger charge is 2.31. The van der Waals surface area contributed by atoms with Crippen molar-refractivity contribution in [2.45, 2.75) is 25.9 Å². The largest absolute Gasteiger partial charge is 0.461 e. The lowest BCUT2D eigenvalue weighted by molar-refractivity contribution is 0.207. The number of pyridine rings is 1. The summed E-state index contributed by atoms with van der Waals surface area (Å²) >= 11 is 0. The molecule has 4 heterocycles. The minimum Gasteiger partial charge on any atom is -0.461 e. The van der Waals surface area contributed by atoms with Crippen LogP contribution < -0.4 is 5.32 Å². The van der Waals surface area contributed by atoms with Gasteiger partial charge in [-0.15, -0.1) is 0 Å². The number of urea groups is 1. The third-order valence-electron chi connectivity index (χ3n) is 5.57. The van der Waals surface area contributed by atoms with E-state index in [4.69, 9.17) is 9.40 Å². The fourth-order valence-electron chi connectivity index (χ4n) is 3.99. The number of imidazole rings is 1. The summed E-state index contributed by atoms with van der Waals surface area (Å²) in [4.78, 5) is 23.9. The molecular weight excluding hydrogens is 378 g/mol. The Morgan fingerprint density at radius 2 is 2.07 bits per heavy atom. The van der Waals surface area contributed by atoms with Crippen molar-refractivity contribution in [2.75, 3.05) is 13.1 Å². The summed E-state index contributed by atoms with van der Waals surface area (Å²) in [6.45, 7) is 3.87. The molecule has 152 valence electrons. The molecule has 0 spiro atoms. The van der Waals surface area contributed by atoms with Crippen LogP contribution in [0.4, 0.5) is 4.79 Å². The van der Waals surface area contributed by atoms with Crippen LogP contribution in [0.15, 0.2) is 65.4 Å². The van der Waals surface area contributed by atoms with E-state index >= 15 is 0 Å². The number of likely N-dealkylation sites (tertiary alicyclic amines) is 1. The van der Waals surface area contributed by atoms with Gasteiger partial charge in [-0.2, -0.15) is 0 Å². The highest BCUT2D eigenvalue weighted by Crippen LogP contribution is 2.32. The zero-order valence-corrected chi connectivity index (χ0v) is 16.8. The molecule has 1 aromatic carbocycles. The van der Waals surface area contributed by atoms with Crippen LogP contribution in [0.5, 0.6) is 0 Å². The zero-order valence-electron chi connectivity index (χ0n) is 16.8. The number of nitrogens with zero attached hydrogens (tertiary/aromatic N) is 4. The maximum absolute atomic E-state index is 12.7. The molecule has 0 radical (unpaired) electrons. The molecule has 5 rings (SSSR count). The second-order valence-electron chi connectivity index (χ2n) is 7.66. The normalized spacial score (nSPS) is 16.3. The Kier molecular flexibility index (Phi) is 4.71. The van der Waals surface area contributed by atoms with Crippen molar-refractivity contribution in [3.05, 3.63) is 72.1 Å². The number of furan rings is 1. The maximum atomic E-state index is 12.7. The molecule has 1 aliphatic rings. The predicted octanol–water partition coefficient (Wildman–Crippen LogP) is 4.16. The minimum absolute atomic E-state index is 0.0463. The molecule has 7 heteroatoms. The zero-order chi connectivity index (χ0) is 20.5. The number of carbonyl (C=O) groups excluding carboxylic acids is 1. The first kappa shape index (κ1) is 18.4. The smallest absolute Gasteiger partial charge is 0.317 e. The van der Waals surface area contributed by atoms with Crippen LogP contribution in [0.25, 0.3) is 22.7 Å². The first-order valence-corrected chi connectivity index (χ1v) is 10.1. The van der Waals surface area contributed by atoms with Crippen molar-refractivity contribution in [3.63, 3.8) is 0 Å². The fourth-order valence-corrected chi connectivity index (χ4v) is 3.99. The number of nitrogens with one attached hydrogen (secondary N) is 1. The summed E-state index contributed by atoms with van der Waals surface area (Å²) in [7, 11) is 0. The molecule has 0 unspecified atom stereocenters.